The second-order valence-electron chi connectivity index (χ2n) is 4.58. The van der Waals surface area contributed by atoms with Gasteiger partial charge in [0.05, 0.1) is 6.26 Å². The molecule has 0 fully saturated rings. The molecule has 19 heavy (non-hydrogen) atoms. The SMILES string of the molecule is CCCCN(C(=O)c1occc1C)c1ccccc1. The van der Waals surface area contributed by atoms with Gasteiger partial charge in [-0.25, -0.2) is 0 Å². The predicted molar refractivity (Wildman–Crippen MR) is 76.5 cm³/mol. The summed E-state index contributed by atoms with van der Waals surface area (Å²) in [6.07, 6.45) is 3.58. The van der Waals surface area contributed by atoms with Crippen molar-refractivity contribution in [1.29, 1.82) is 0 Å². The summed E-state index contributed by atoms with van der Waals surface area (Å²) < 4.78 is 5.32. The van der Waals surface area contributed by atoms with Crippen LogP contribution in [0.5, 0.6) is 0 Å². The molecule has 0 saturated heterocycles. The molecule has 0 aliphatic rings. The van der Waals surface area contributed by atoms with E-state index in [9.17, 15) is 4.79 Å². The number of anilines is 1. The molecule has 0 bridgehead atoms. The maximum atomic E-state index is 12.6. The van der Waals surface area contributed by atoms with E-state index in [1.807, 2.05) is 43.3 Å². The molecule has 1 aromatic carbocycles. The Balaban J connectivity index is 2.28. The van der Waals surface area contributed by atoms with E-state index >= 15 is 0 Å². The molecule has 0 aliphatic heterocycles. The van der Waals surface area contributed by atoms with E-state index in [0.29, 0.717) is 12.3 Å². The standard InChI is InChI=1S/C16H19NO2/c1-3-4-11-17(14-8-6-5-7-9-14)16(18)15-13(2)10-12-19-15/h5-10,12H,3-4,11H2,1-2H3. The third-order valence-electron chi connectivity index (χ3n) is 3.10. The highest BCUT2D eigenvalue weighted by Gasteiger charge is 2.21. The second-order valence-corrected chi connectivity index (χ2v) is 4.58. The van der Waals surface area contributed by atoms with E-state index in [-0.39, 0.29) is 5.91 Å². The van der Waals surface area contributed by atoms with Gasteiger partial charge in [-0.1, -0.05) is 31.5 Å². The van der Waals surface area contributed by atoms with Crippen LogP contribution in [-0.2, 0) is 0 Å². The number of hydrogen-bond acceptors (Lipinski definition) is 2. The van der Waals surface area contributed by atoms with Gasteiger partial charge in [0, 0.05) is 17.8 Å². The van der Waals surface area contributed by atoms with Crippen LogP contribution < -0.4 is 4.90 Å². The Morgan fingerprint density at radius 1 is 1.21 bits per heavy atom. The summed E-state index contributed by atoms with van der Waals surface area (Å²) in [4.78, 5) is 14.4. The number of hydrogen-bond donors (Lipinski definition) is 0. The zero-order chi connectivity index (χ0) is 13.7. The Morgan fingerprint density at radius 2 is 1.95 bits per heavy atom. The summed E-state index contributed by atoms with van der Waals surface area (Å²) >= 11 is 0. The van der Waals surface area contributed by atoms with E-state index in [2.05, 4.69) is 6.92 Å². The fourth-order valence-corrected chi connectivity index (χ4v) is 1.99. The van der Waals surface area contributed by atoms with Crippen molar-refractivity contribution in [2.24, 2.45) is 0 Å². The maximum absolute atomic E-state index is 12.6. The minimum absolute atomic E-state index is 0.0675. The van der Waals surface area contributed by atoms with Gasteiger partial charge in [-0.05, 0) is 31.5 Å². The lowest BCUT2D eigenvalue weighted by Crippen LogP contribution is -2.32. The minimum atomic E-state index is -0.0675. The number of nitrogens with zero attached hydrogens (tertiary/aromatic N) is 1. The molecule has 0 aliphatic carbocycles. The molecule has 1 amide bonds. The second kappa shape index (κ2) is 6.23. The van der Waals surface area contributed by atoms with Crippen molar-refractivity contribution in [2.45, 2.75) is 26.7 Å². The third kappa shape index (κ3) is 3.05. The number of carbonyl (C=O) groups is 1. The van der Waals surface area contributed by atoms with E-state index in [1.54, 1.807) is 11.2 Å². The molecule has 0 atom stereocenters. The van der Waals surface area contributed by atoms with Crippen molar-refractivity contribution < 1.29 is 9.21 Å². The van der Waals surface area contributed by atoms with Crippen LogP contribution in [0.3, 0.4) is 0 Å². The zero-order valence-corrected chi connectivity index (χ0v) is 11.4. The average Bonchev–Trinajstić information content (AvgIpc) is 2.86. The summed E-state index contributed by atoms with van der Waals surface area (Å²) in [7, 11) is 0. The monoisotopic (exact) mass is 257 g/mol. The molecule has 3 heteroatoms. The summed E-state index contributed by atoms with van der Waals surface area (Å²) in [5.74, 6) is 0.363. The van der Waals surface area contributed by atoms with Crippen molar-refractivity contribution >= 4 is 11.6 Å². The van der Waals surface area contributed by atoms with Gasteiger partial charge >= 0.3 is 0 Å². The topological polar surface area (TPSA) is 33.5 Å². The molecule has 1 aromatic heterocycles. The lowest BCUT2D eigenvalue weighted by atomic mass is 10.2. The predicted octanol–water partition coefficient (Wildman–Crippen LogP) is 4.03. The molecule has 0 N–H and O–H groups in total. The van der Waals surface area contributed by atoms with Gasteiger partial charge in [0.1, 0.15) is 0 Å². The molecular formula is C16H19NO2. The summed E-state index contributed by atoms with van der Waals surface area (Å²) in [6, 6.07) is 11.5. The Hall–Kier alpha value is -2.03. The van der Waals surface area contributed by atoms with E-state index < -0.39 is 0 Å². The number of carbonyl (C=O) groups excluding carboxylic acids is 1. The number of para-hydroxylation sites is 1. The Morgan fingerprint density at radius 3 is 2.53 bits per heavy atom. The number of benzene rings is 1. The highest BCUT2D eigenvalue weighted by Crippen LogP contribution is 2.19. The number of amides is 1. The molecular weight excluding hydrogens is 238 g/mol. The Kier molecular flexibility index (Phi) is 4.39. The first-order valence-corrected chi connectivity index (χ1v) is 6.65. The van der Waals surface area contributed by atoms with Gasteiger partial charge in [-0.2, -0.15) is 0 Å². The van der Waals surface area contributed by atoms with Crippen LogP contribution >= 0.6 is 0 Å². The van der Waals surface area contributed by atoms with E-state index in [4.69, 9.17) is 4.42 Å². The molecule has 0 unspecified atom stereocenters. The summed E-state index contributed by atoms with van der Waals surface area (Å²) in [6.45, 7) is 4.71. The quantitative estimate of drug-likeness (QED) is 0.810. The van der Waals surface area contributed by atoms with Crippen LogP contribution in [-0.4, -0.2) is 12.5 Å². The van der Waals surface area contributed by atoms with Crippen molar-refractivity contribution in [3.63, 3.8) is 0 Å². The maximum Gasteiger partial charge on any atom is 0.294 e. The number of unbranched alkanes of at least 4 members (excludes halogenated alkanes) is 1. The first kappa shape index (κ1) is 13.4. The fraction of sp³-hybridized carbons (Fsp3) is 0.312. The highest BCUT2D eigenvalue weighted by molar-refractivity contribution is 6.05. The fourth-order valence-electron chi connectivity index (χ4n) is 1.99. The first-order valence-electron chi connectivity index (χ1n) is 6.65. The average molecular weight is 257 g/mol. The van der Waals surface area contributed by atoms with Crippen LogP contribution in [0.15, 0.2) is 47.1 Å². The lowest BCUT2D eigenvalue weighted by Gasteiger charge is -2.21. The lowest BCUT2D eigenvalue weighted by molar-refractivity contribution is 0.0959. The largest absolute Gasteiger partial charge is 0.459 e. The Bertz CT molecular complexity index is 531. The molecule has 1 heterocycles. The molecule has 2 rings (SSSR count). The van der Waals surface area contributed by atoms with Crippen LogP contribution in [0.25, 0.3) is 0 Å². The van der Waals surface area contributed by atoms with Crippen LogP contribution in [0.1, 0.15) is 35.9 Å². The summed E-state index contributed by atoms with van der Waals surface area (Å²) in [5.41, 5.74) is 1.79. The van der Waals surface area contributed by atoms with Crippen molar-refractivity contribution in [1.82, 2.24) is 0 Å². The van der Waals surface area contributed by atoms with E-state index in [1.165, 1.54) is 0 Å². The van der Waals surface area contributed by atoms with Gasteiger partial charge in [-0.3, -0.25) is 4.79 Å². The minimum Gasteiger partial charge on any atom is -0.459 e. The number of furan rings is 1. The molecule has 0 radical (unpaired) electrons. The van der Waals surface area contributed by atoms with Gasteiger partial charge in [0.25, 0.3) is 5.91 Å². The summed E-state index contributed by atoms with van der Waals surface area (Å²) in [5, 5.41) is 0. The van der Waals surface area contributed by atoms with Gasteiger partial charge < -0.3 is 9.32 Å². The van der Waals surface area contributed by atoms with Gasteiger partial charge in [-0.15, -0.1) is 0 Å². The van der Waals surface area contributed by atoms with Crippen LogP contribution in [0.2, 0.25) is 0 Å². The third-order valence-corrected chi connectivity index (χ3v) is 3.10. The molecule has 100 valence electrons. The zero-order valence-electron chi connectivity index (χ0n) is 11.4. The molecule has 2 aromatic rings. The molecule has 0 saturated carbocycles. The number of rotatable bonds is 5. The molecule has 3 nitrogen and oxygen atoms in total. The Labute approximate surface area is 113 Å². The van der Waals surface area contributed by atoms with Crippen LogP contribution in [0.4, 0.5) is 5.69 Å². The van der Waals surface area contributed by atoms with Crippen molar-refractivity contribution in [3.05, 3.63) is 54.0 Å². The highest BCUT2D eigenvalue weighted by atomic mass is 16.3. The first-order chi connectivity index (χ1) is 9.24. The van der Waals surface area contributed by atoms with Gasteiger partial charge in [0.15, 0.2) is 5.76 Å². The number of aryl methyl sites for hydroxylation is 1. The van der Waals surface area contributed by atoms with Crippen molar-refractivity contribution in [3.8, 4) is 0 Å². The van der Waals surface area contributed by atoms with Gasteiger partial charge in [0.2, 0.25) is 0 Å². The molecule has 0 spiro atoms. The van der Waals surface area contributed by atoms with E-state index in [0.717, 1.165) is 24.1 Å². The normalized spacial score (nSPS) is 10.4. The smallest absolute Gasteiger partial charge is 0.294 e. The van der Waals surface area contributed by atoms with Crippen LogP contribution in [0, 0.1) is 6.92 Å². The van der Waals surface area contributed by atoms with Crippen molar-refractivity contribution in [2.75, 3.05) is 11.4 Å².